The van der Waals surface area contributed by atoms with Gasteiger partial charge in [-0.3, -0.25) is 9.59 Å². The summed E-state index contributed by atoms with van der Waals surface area (Å²) in [6.07, 6.45) is 5.01. The average Bonchev–Trinajstić information content (AvgIpc) is 3.68. The molecular formula is C27H28F2N6O2. The number of hydrogen-bond donors (Lipinski definition) is 2. The van der Waals surface area contributed by atoms with Gasteiger partial charge in [0.15, 0.2) is 0 Å². The van der Waals surface area contributed by atoms with Gasteiger partial charge < -0.3 is 16.0 Å². The smallest absolute Gasteiger partial charge is 0.331 e. The summed E-state index contributed by atoms with van der Waals surface area (Å²) in [6.45, 7) is 1.57. The van der Waals surface area contributed by atoms with E-state index in [4.69, 9.17) is 5.73 Å². The maximum atomic E-state index is 13.2. The first kappa shape index (κ1) is 25.9. The van der Waals surface area contributed by atoms with Crippen LogP contribution >= 0.6 is 0 Å². The van der Waals surface area contributed by atoms with Gasteiger partial charge in [0, 0.05) is 42.5 Å². The Hall–Kier alpha value is -4.13. The molecule has 8 nitrogen and oxygen atoms in total. The predicted molar refractivity (Wildman–Crippen MR) is 136 cm³/mol. The summed E-state index contributed by atoms with van der Waals surface area (Å²) in [5.41, 5.74) is 8.12. The molecule has 1 aromatic carbocycles. The first-order valence-electron chi connectivity index (χ1n) is 12.0. The summed E-state index contributed by atoms with van der Waals surface area (Å²) in [6, 6.07) is 10.2. The number of aryl methyl sites for hydroxylation is 1. The van der Waals surface area contributed by atoms with E-state index in [9.17, 15) is 23.6 Å². The lowest BCUT2D eigenvalue weighted by molar-refractivity contribution is -0.125. The minimum atomic E-state index is -2.89. The highest BCUT2D eigenvalue weighted by Gasteiger charge is 2.52. The topological polar surface area (TPSA) is 124 Å². The van der Waals surface area contributed by atoms with Crippen molar-refractivity contribution < 1.29 is 18.4 Å². The van der Waals surface area contributed by atoms with Crippen LogP contribution < -0.4 is 16.0 Å². The van der Waals surface area contributed by atoms with Crippen LogP contribution in [0.15, 0.2) is 41.5 Å². The molecule has 1 saturated carbocycles. The first-order valence-corrected chi connectivity index (χ1v) is 12.0. The third kappa shape index (κ3) is 5.66. The third-order valence-electron chi connectivity index (χ3n) is 6.96. The van der Waals surface area contributed by atoms with E-state index in [1.54, 1.807) is 36.1 Å². The van der Waals surface area contributed by atoms with Gasteiger partial charge in [-0.2, -0.15) is 14.0 Å². The third-order valence-corrected chi connectivity index (χ3v) is 6.96. The van der Waals surface area contributed by atoms with Crippen LogP contribution in [-0.4, -0.2) is 36.1 Å². The SMILES string of the molecule is Cc1cc(N2CC[C@@](C)(C3CC3)C2=O)cc(C(=O)NCc2cc(C#N)cc(C(C=NC(F)F)=CN)c2)n1. The fraction of sp³-hybridized carbons (Fsp3) is 0.370. The molecule has 4 rings (SSSR count). The Morgan fingerprint density at radius 1 is 1.35 bits per heavy atom. The number of benzene rings is 1. The van der Waals surface area contributed by atoms with Gasteiger partial charge >= 0.3 is 6.55 Å². The van der Waals surface area contributed by atoms with Crippen LogP contribution in [0.2, 0.25) is 0 Å². The Morgan fingerprint density at radius 2 is 2.11 bits per heavy atom. The number of hydrogen-bond acceptors (Lipinski definition) is 6. The number of rotatable bonds is 8. The number of nitrogens with two attached hydrogens (primary N) is 1. The lowest BCUT2D eigenvalue weighted by Gasteiger charge is -2.23. The van der Waals surface area contributed by atoms with Gasteiger partial charge in [-0.05, 0) is 73.6 Å². The highest BCUT2D eigenvalue weighted by atomic mass is 19.3. The molecule has 0 radical (unpaired) electrons. The van der Waals surface area contributed by atoms with Crippen LogP contribution in [0.3, 0.4) is 0 Å². The number of nitriles is 1. The Bertz CT molecular complexity index is 1330. The second kappa shape index (κ2) is 10.5. The predicted octanol–water partition coefficient (Wildman–Crippen LogP) is 3.94. The Balaban J connectivity index is 1.51. The zero-order valence-electron chi connectivity index (χ0n) is 20.7. The van der Waals surface area contributed by atoms with E-state index in [-0.39, 0.29) is 34.7 Å². The molecule has 2 heterocycles. The zero-order valence-corrected chi connectivity index (χ0v) is 20.7. The molecule has 2 aliphatic rings. The Labute approximate surface area is 213 Å². The van der Waals surface area contributed by atoms with Crippen molar-refractivity contribution in [3.63, 3.8) is 0 Å². The maximum absolute atomic E-state index is 13.2. The van der Waals surface area contributed by atoms with Gasteiger partial charge in [0.25, 0.3) is 5.91 Å². The summed E-state index contributed by atoms with van der Waals surface area (Å²) in [7, 11) is 0. The molecule has 1 aromatic heterocycles. The number of allylic oxidation sites excluding steroid dienone is 1. The molecule has 2 amide bonds. The molecule has 3 N–H and O–H groups in total. The minimum Gasteiger partial charge on any atom is -0.404 e. The molecule has 1 saturated heterocycles. The average molecular weight is 507 g/mol. The lowest BCUT2D eigenvalue weighted by atomic mass is 9.83. The highest BCUT2D eigenvalue weighted by molar-refractivity contribution is 6.09. The van der Waals surface area contributed by atoms with Gasteiger partial charge in [-0.15, -0.1) is 0 Å². The molecule has 1 aliphatic carbocycles. The number of carbonyl (C=O) groups is 2. The van der Waals surface area contributed by atoms with Crippen molar-refractivity contribution in [1.82, 2.24) is 10.3 Å². The van der Waals surface area contributed by atoms with Gasteiger partial charge in [-0.25, -0.2) is 9.98 Å². The highest BCUT2D eigenvalue weighted by Crippen LogP contribution is 2.51. The lowest BCUT2D eigenvalue weighted by Crippen LogP contribution is -2.34. The maximum Gasteiger partial charge on any atom is 0.331 e. The van der Waals surface area contributed by atoms with Crippen LogP contribution in [-0.2, 0) is 11.3 Å². The van der Waals surface area contributed by atoms with Crippen LogP contribution in [0.5, 0.6) is 0 Å². The summed E-state index contributed by atoms with van der Waals surface area (Å²) in [5, 5.41) is 12.2. The Morgan fingerprint density at radius 3 is 2.76 bits per heavy atom. The van der Waals surface area contributed by atoms with Crippen molar-refractivity contribution in [2.24, 2.45) is 22.1 Å². The molecule has 0 unspecified atom stereocenters. The molecule has 192 valence electrons. The number of aliphatic imine (C=N–C) groups is 1. The van der Waals surface area contributed by atoms with E-state index in [2.05, 4.69) is 15.3 Å². The summed E-state index contributed by atoms with van der Waals surface area (Å²) in [4.78, 5) is 35.3. The minimum absolute atomic E-state index is 0.0541. The van der Waals surface area contributed by atoms with Crippen molar-refractivity contribution in [1.29, 1.82) is 5.26 Å². The summed E-state index contributed by atoms with van der Waals surface area (Å²) >= 11 is 0. The molecule has 37 heavy (non-hydrogen) atoms. The van der Waals surface area contributed by atoms with Crippen LogP contribution in [0.1, 0.15) is 59.1 Å². The normalized spacial score (nSPS) is 20.1. The van der Waals surface area contributed by atoms with Crippen molar-refractivity contribution in [2.75, 3.05) is 11.4 Å². The molecule has 2 fully saturated rings. The quantitative estimate of drug-likeness (QED) is 0.415. The fourth-order valence-electron chi connectivity index (χ4n) is 4.78. The number of anilines is 1. The van der Waals surface area contributed by atoms with Crippen molar-refractivity contribution in [3.05, 3.63) is 64.6 Å². The monoisotopic (exact) mass is 506 g/mol. The Kier molecular flexibility index (Phi) is 7.34. The number of carbonyl (C=O) groups excluding carboxylic acids is 2. The fourth-order valence-corrected chi connectivity index (χ4v) is 4.78. The number of amides is 2. The van der Waals surface area contributed by atoms with E-state index >= 15 is 0 Å². The molecular weight excluding hydrogens is 478 g/mol. The standard InChI is InChI=1S/C27H28F2N6O2/c1-16-7-22(35-6-5-27(2,25(35)37)21-3-4-21)11-23(34-16)24(36)32-14-18-8-17(12-30)9-19(10-18)20(13-31)15-33-26(28)29/h7-11,13,15,21,26H,3-6,14,31H2,1-2H3,(H,32,36)/t27-/m0/s1. The summed E-state index contributed by atoms with van der Waals surface area (Å²) < 4.78 is 25.0. The number of halogens is 2. The molecule has 1 aliphatic heterocycles. The largest absolute Gasteiger partial charge is 0.404 e. The van der Waals surface area contributed by atoms with E-state index in [0.29, 0.717) is 35.0 Å². The second-order valence-corrected chi connectivity index (χ2v) is 9.64. The number of nitrogens with zero attached hydrogens (tertiary/aromatic N) is 4. The van der Waals surface area contributed by atoms with Crippen LogP contribution in [0, 0.1) is 29.6 Å². The van der Waals surface area contributed by atoms with Gasteiger partial charge in [0.1, 0.15) is 5.69 Å². The molecule has 10 heteroatoms. The molecule has 1 atom stereocenters. The zero-order chi connectivity index (χ0) is 26.7. The molecule has 2 aromatic rings. The van der Waals surface area contributed by atoms with Gasteiger partial charge in [-0.1, -0.05) is 6.92 Å². The van der Waals surface area contributed by atoms with E-state index in [0.717, 1.165) is 31.7 Å². The van der Waals surface area contributed by atoms with Crippen molar-refractivity contribution in [3.8, 4) is 6.07 Å². The second-order valence-electron chi connectivity index (χ2n) is 9.64. The first-order chi connectivity index (χ1) is 17.6. The van der Waals surface area contributed by atoms with E-state index in [1.807, 2.05) is 13.0 Å². The molecule has 0 spiro atoms. The number of alkyl halides is 2. The van der Waals surface area contributed by atoms with Crippen molar-refractivity contribution in [2.45, 2.75) is 46.2 Å². The number of aromatic nitrogens is 1. The number of pyridine rings is 1. The number of nitrogens with one attached hydrogen (secondary N) is 1. The van der Waals surface area contributed by atoms with Crippen molar-refractivity contribution >= 4 is 29.3 Å². The van der Waals surface area contributed by atoms with Crippen LogP contribution in [0.4, 0.5) is 14.5 Å². The van der Waals surface area contributed by atoms with Crippen LogP contribution in [0.25, 0.3) is 5.57 Å². The summed E-state index contributed by atoms with van der Waals surface area (Å²) in [5.74, 6) is 0.0762. The van der Waals surface area contributed by atoms with E-state index < -0.39 is 12.5 Å². The van der Waals surface area contributed by atoms with Gasteiger partial charge in [0.2, 0.25) is 5.91 Å². The van der Waals surface area contributed by atoms with Gasteiger partial charge in [0.05, 0.1) is 17.0 Å². The van der Waals surface area contributed by atoms with E-state index in [1.165, 1.54) is 6.07 Å². The molecule has 0 bridgehead atoms.